The number of Topliss-reactive ketones (excluding diaryl/α,β-unsaturated/α-hetero) is 1. The van der Waals surface area contributed by atoms with Gasteiger partial charge < -0.3 is 5.32 Å². The highest BCUT2D eigenvalue weighted by atomic mass is 32.1. The minimum Gasteiger partial charge on any atom is -0.358 e. The first-order chi connectivity index (χ1) is 15.4. The van der Waals surface area contributed by atoms with E-state index in [1.165, 1.54) is 15.3 Å². The minimum absolute atomic E-state index is 0.0355. The van der Waals surface area contributed by atoms with Crippen LogP contribution in [-0.2, 0) is 11.8 Å². The van der Waals surface area contributed by atoms with Crippen LogP contribution in [0.5, 0.6) is 0 Å². The summed E-state index contributed by atoms with van der Waals surface area (Å²) in [6.45, 7) is 4.37. The minimum atomic E-state index is -0.0774. The van der Waals surface area contributed by atoms with Crippen molar-refractivity contribution in [2.75, 3.05) is 5.32 Å². The fourth-order valence-electron chi connectivity index (χ4n) is 5.34. The second kappa shape index (κ2) is 6.91. The number of nitrogens with one attached hydrogen (secondary N) is 1. The van der Waals surface area contributed by atoms with Gasteiger partial charge in [-0.1, -0.05) is 44.2 Å². The molecule has 5 heteroatoms. The largest absolute Gasteiger partial charge is 0.358 e. The Morgan fingerprint density at radius 1 is 1.06 bits per heavy atom. The van der Waals surface area contributed by atoms with Crippen molar-refractivity contribution in [3.63, 3.8) is 0 Å². The average Bonchev–Trinajstić information content (AvgIpc) is 3.39. The number of allylic oxidation sites excluding steroid dienone is 2. The van der Waals surface area contributed by atoms with Gasteiger partial charge in [0.1, 0.15) is 0 Å². The number of hydrogen-bond acceptors (Lipinski definition) is 4. The smallest absolute Gasteiger partial charge is 0.162 e. The molecule has 4 nitrogen and oxygen atoms in total. The lowest BCUT2D eigenvalue weighted by atomic mass is 9.69. The monoisotopic (exact) mass is 439 g/mol. The Morgan fingerprint density at radius 3 is 2.69 bits per heavy atom. The van der Waals surface area contributed by atoms with Crippen LogP contribution in [0.2, 0.25) is 0 Å². The van der Waals surface area contributed by atoms with Gasteiger partial charge in [0.25, 0.3) is 0 Å². The summed E-state index contributed by atoms with van der Waals surface area (Å²) in [5.74, 6) is 0.180. The third-order valence-electron chi connectivity index (χ3n) is 6.69. The molecule has 6 rings (SSSR count). The van der Waals surface area contributed by atoms with Crippen molar-refractivity contribution in [2.24, 2.45) is 12.5 Å². The fraction of sp³-hybridized carbons (Fsp3) is 0.259. The zero-order valence-electron chi connectivity index (χ0n) is 18.5. The maximum atomic E-state index is 13.6. The highest BCUT2D eigenvalue weighted by Gasteiger charge is 2.42. The predicted octanol–water partition coefficient (Wildman–Crippen LogP) is 6.50. The maximum absolute atomic E-state index is 13.6. The van der Waals surface area contributed by atoms with Gasteiger partial charge in [0, 0.05) is 51.1 Å². The number of ketones is 1. The van der Waals surface area contributed by atoms with E-state index in [-0.39, 0.29) is 17.1 Å². The molecule has 1 N–H and O–H groups in total. The number of hydrogen-bond donors (Lipinski definition) is 1. The molecule has 1 unspecified atom stereocenters. The van der Waals surface area contributed by atoms with Gasteiger partial charge >= 0.3 is 0 Å². The lowest BCUT2D eigenvalue weighted by Crippen LogP contribution is -2.33. The molecule has 0 radical (unpaired) electrons. The number of aromatic nitrogens is 2. The van der Waals surface area contributed by atoms with Crippen LogP contribution in [-0.4, -0.2) is 15.6 Å². The molecular weight excluding hydrogens is 414 g/mol. The van der Waals surface area contributed by atoms with Crippen molar-refractivity contribution in [2.45, 2.75) is 32.6 Å². The topological polar surface area (TPSA) is 46.9 Å². The van der Waals surface area contributed by atoms with Gasteiger partial charge in [-0.3, -0.25) is 9.48 Å². The Balaban J connectivity index is 1.60. The maximum Gasteiger partial charge on any atom is 0.162 e. The second-order valence-electron chi connectivity index (χ2n) is 9.69. The van der Waals surface area contributed by atoms with Crippen LogP contribution in [0.1, 0.15) is 43.0 Å². The van der Waals surface area contributed by atoms with E-state index in [1.54, 1.807) is 11.3 Å². The van der Waals surface area contributed by atoms with Crippen molar-refractivity contribution >= 4 is 33.7 Å². The number of carbonyl (C=O) groups excluding carboxylic acids is 1. The van der Waals surface area contributed by atoms with Crippen molar-refractivity contribution in [3.8, 4) is 10.4 Å². The molecule has 2 aromatic heterocycles. The molecule has 0 amide bonds. The number of carbonyl (C=O) groups is 1. The third kappa shape index (κ3) is 2.95. The number of benzene rings is 2. The van der Waals surface area contributed by atoms with Crippen LogP contribution in [0.25, 0.3) is 21.3 Å². The van der Waals surface area contributed by atoms with Gasteiger partial charge in [0.2, 0.25) is 0 Å². The van der Waals surface area contributed by atoms with Crippen LogP contribution in [0.4, 0.5) is 5.69 Å². The molecule has 160 valence electrons. The molecule has 32 heavy (non-hydrogen) atoms. The summed E-state index contributed by atoms with van der Waals surface area (Å²) in [7, 11) is 1.99. The van der Waals surface area contributed by atoms with Crippen molar-refractivity contribution in [3.05, 3.63) is 82.5 Å². The van der Waals surface area contributed by atoms with Crippen LogP contribution in [0.15, 0.2) is 72.1 Å². The SMILES string of the molecule is Cn1ncc2ccc3c(c21)C(c1ccc(-c2ccccc2)s1)C1=C(CC(C)(C)CC1=O)N3. The quantitative estimate of drug-likeness (QED) is 0.388. The summed E-state index contributed by atoms with van der Waals surface area (Å²) < 4.78 is 1.94. The Labute approximate surface area is 191 Å². The van der Waals surface area contributed by atoms with Crippen molar-refractivity contribution < 1.29 is 4.79 Å². The molecule has 0 saturated heterocycles. The number of aryl methyl sites for hydroxylation is 1. The Kier molecular flexibility index (Phi) is 4.21. The summed E-state index contributed by atoms with van der Waals surface area (Å²) in [6.07, 6.45) is 3.37. The molecule has 1 aliphatic heterocycles. The molecule has 0 fully saturated rings. The first-order valence-corrected chi connectivity index (χ1v) is 11.9. The van der Waals surface area contributed by atoms with E-state index in [1.807, 2.05) is 24.0 Å². The molecule has 1 aliphatic carbocycles. The number of rotatable bonds is 2. The normalized spacial score (nSPS) is 19.6. The third-order valence-corrected chi connectivity index (χ3v) is 7.89. The fourth-order valence-corrected chi connectivity index (χ4v) is 6.47. The average molecular weight is 440 g/mol. The van der Waals surface area contributed by atoms with E-state index in [9.17, 15) is 4.79 Å². The van der Waals surface area contributed by atoms with Gasteiger partial charge in [0.15, 0.2) is 5.78 Å². The van der Waals surface area contributed by atoms with Gasteiger partial charge in [-0.05, 0) is 41.7 Å². The van der Waals surface area contributed by atoms with Gasteiger partial charge in [-0.25, -0.2) is 0 Å². The van der Waals surface area contributed by atoms with Crippen LogP contribution >= 0.6 is 11.3 Å². The summed E-state index contributed by atoms with van der Waals surface area (Å²) >= 11 is 1.79. The summed E-state index contributed by atoms with van der Waals surface area (Å²) in [5.41, 5.74) is 6.54. The molecule has 3 heterocycles. The summed E-state index contributed by atoms with van der Waals surface area (Å²) in [4.78, 5) is 16.0. The van der Waals surface area contributed by atoms with Crippen molar-refractivity contribution in [1.29, 1.82) is 0 Å². The molecule has 2 aliphatic rings. The molecular formula is C27H25N3OS. The Hall–Kier alpha value is -3.18. The second-order valence-corrected chi connectivity index (χ2v) is 10.8. The van der Waals surface area contributed by atoms with Gasteiger partial charge in [-0.2, -0.15) is 5.10 Å². The van der Waals surface area contributed by atoms with Gasteiger partial charge in [0.05, 0.1) is 17.6 Å². The number of nitrogens with zero attached hydrogens (tertiary/aromatic N) is 2. The first-order valence-electron chi connectivity index (χ1n) is 11.0. The number of anilines is 1. The number of fused-ring (bicyclic) bond motifs is 3. The van der Waals surface area contributed by atoms with Crippen LogP contribution < -0.4 is 5.32 Å². The highest BCUT2D eigenvalue weighted by molar-refractivity contribution is 7.15. The van der Waals surface area contributed by atoms with E-state index in [2.05, 4.69) is 72.8 Å². The Morgan fingerprint density at radius 2 is 1.88 bits per heavy atom. The molecule has 2 aromatic carbocycles. The standard InChI is InChI=1S/C27H25N3OS/c1-27(2)13-19-23(20(31)14-27)25(22-12-11-21(32-22)16-7-5-4-6-8-16)24-18(29-19)10-9-17-15-28-30(3)26(17)24/h4-12,15,25,29H,13-14H2,1-3H3. The van der Waals surface area contributed by atoms with E-state index in [4.69, 9.17) is 0 Å². The summed E-state index contributed by atoms with van der Waals surface area (Å²) in [6, 6.07) is 19.1. The molecule has 0 spiro atoms. The lowest BCUT2D eigenvalue weighted by Gasteiger charge is -2.39. The molecule has 0 bridgehead atoms. The van der Waals surface area contributed by atoms with E-state index in [0.717, 1.165) is 39.8 Å². The molecule has 4 aromatic rings. The zero-order valence-corrected chi connectivity index (χ0v) is 19.3. The van der Waals surface area contributed by atoms with E-state index >= 15 is 0 Å². The number of thiophene rings is 1. The van der Waals surface area contributed by atoms with Gasteiger partial charge in [-0.15, -0.1) is 11.3 Å². The lowest BCUT2D eigenvalue weighted by molar-refractivity contribution is -0.118. The first kappa shape index (κ1) is 19.5. The van der Waals surface area contributed by atoms with Crippen LogP contribution in [0, 0.1) is 5.41 Å². The van der Waals surface area contributed by atoms with E-state index < -0.39 is 0 Å². The van der Waals surface area contributed by atoms with Crippen molar-refractivity contribution in [1.82, 2.24) is 9.78 Å². The van der Waals surface area contributed by atoms with E-state index in [0.29, 0.717) is 6.42 Å². The zero-order chi connectivity index (χ0) is 22.0. The Bertz CT molecular complexity index is 1410. The molecule has 1 atom stereocenters. The van der Waals surface area contributed by atoms with Crippen LogP contribution in [0.3, 0.4) is 0 Å². The highest BCUT2D eigenvalue weighted by Crippen LogP contribution is 2.52. The molecule has 0 saturated carbocycles. The summed E-state index contributed by atoms with van der Waals surface area (Å²) in [5, 5.41) is 9.28. The predicted molar refractivity (Wildman–Crippen MR) is 131 cm³/mol.